The summed E-state index contributed by atoms with van der Waals surface area (Å²) in [7, 11) is 2.07. The maximum atomic E-state index is 11.2. The first-order valence-electron chi connectivity index (χ1n) is 5.76. The summed E-state index contributed by atoms with van der Waals surface area (Å²) in [6.45, 7) is 1.72. The van der Waals surface area contributed by atoms with E-state index < -0.39 is 0 Å². The van der Waals surface area contributed by atoms with Crippen molar-refractivity contribution in [2.45, 2.75) is 32.2 Å². The Labute approximate surface area is 100 Å². The standard InChI is InChI=1S/C12H18N2OS/c1-14(6-11-7-16-10-13-11)8-12(9-15)4-2-3-5-12/h7,9-10H,2-6,8H2,1H3. The van der Waals surface area contributed by atoms with Gasteiger partial charge in [-0.05, 0) is 19.9 Å². The van der Waals surface area contributed by atoms with Crippen molar-refractivity contribution >= 4 is 17.6 Å². The summed E-state index contributed by atoms with van der Waals surface area (Å²) in [5, 5.41) is 2.07. The third kappa shape index (κ3) is 2.68. The summed E-state index contributed by atoms with van der Waals surface area (Å²) in [6.07, 6.45) is 5.68. The largest absolute Gasteiger partial charge is 0.303 e. The van der Waals surface area contributed by atoms with Crippen molar-refractivity contribution in [1.29, 1.82) is 0 Å². The van der Waals surface area contributed by atoms with Crippen molar-refractivity contribution in [2.75, 3.05) is 13.6 Å². The van der Waals surface area contributed by atoms with Gasteiger partial charge in [-0.25, -0.2) is 4.98 Å². The molecule has 1 aromatic rings. The molecule has 1 heterocycles. The van der Waals surface area contributed by atoms with Crippen molar-refractivity contribution in [2.24, 2.45) is 5.41 Å². The Balaban J connectivity index is 1.90. The molecule has 2 rings (SSSR count). The van der Waals surface area contributed by atoms with Crippen LogP contribution in [0.25, 0.3) is 0 Å². The quantitative estimate of drug-likeness (QED) is 0.738. The SMILES string of the molecule is CN(Cc1cscn1)CC1(C=O)CCCC1. The van der Waals surface area contributed by atoms with E-state index in [2.05, 4.69) is 22.3 Å². The molecule has 0 unspecified atom stereocenters. The highest BCUT2D eigenvalue weighted by molar-refractivity contribution is 7.07. The summed E-state index contributed by atoms with van der Waals surface area (Å²) >= 11 is 1.62. The highest BCUT2D eigenvalue weighted by atomic mass is 32.1. The molecule has 0 amide bonds. The fraction of sp³-hybridized carbons (Fsp3) is 0.667. The highest BCUT2D eigenvalue weighted by Gasteiger charge is 2.34. The predicted octanol–water partition coefficient (Wildman–Crippen LogP) is 2.33. The summed E-state index contributed by atoms with van der Waals surface area (Å²) in [5.74, 6) is 0. The van der Waals surface area contributed by atoms with E-state index in [1.807, 2.05) is 5.51 Å². The minimum Gasteiger partial charge on any atom is -0.303 e. The van der Waals surface area contributed by atoms with Crippen molar-refractivity contribution in [3.63, 3.8) is 0 Å². The Kier molecular flexibility index (Phi) is 3.71. The molecule has 4 heteroatoms. The molecule has 0 aliphatic heterocycles. The van der Waals surface area contributed by atoms with Gasteiger partial charge in [0.2, 0.25) is 0 Å². The molecule has 16 heavy (non-hydrogen) atoms. The third-order valence-electron chi connectivity index (χ3n) is 3.35. The molecule has 0 aromatic carbocycles. The molecule has 0 spiro atoms. The normalized spacial score (nSPS) is 19.1. The highest BCUT2D eigenvalue weighted by Crippen LogP contribution is 2.36. The van der Waals surface area contributed by atoms with E-state index in [-0.39, 0.29) is 5.41 Å². The minimum atomic E-state index is -0.0786. The average molecular weight is 238 g/mol. The summed E-state index contributed by atoms with van der Waals surface area (Å²) in [6, 6.07) is 0. The van der Waals surface area contributed by atoms with Crippen LogP contribution < -0.4 is 0 Å². The number of rotatable bonds is 5. The number of carbonyl (C=O) groups is 1. The van der Waals surface area contributed by atoms with Gasteiger partial charge in [-0.1, -0.05) is 12.8 Å². The molecule has 1 saturated carbocycles. The summed E-state index contributed by atoms with van der Waals surface area (Å²) < 4.78 is 0. The number of hydrogen-bond acceptors (Lipinski definition) is 4. The Bertz CT molecular complexity index is 331. The van der Waals surface area contributed by atoms with Crippen LogP contribution >= 0.6 is 11.3 Å². The van der Waals surface area contributed by atoms with Crippen LogP contribution in [0, 0.1) is 5.41 Å². The number of thiazole rings is 1. The summed E-state index contributed by atoms with van der Waals surface area (Å²) in [5.41, 5.74) is 2.88. The van der Waals surface area contributed by atoms with Gasteiger partial charge in [0, 0.05) is 23.9 Å². The second-order valence-electron chi connectivity index (χ2n) is 4.84. The Morgan fingerprint density at radius 1 is 1.56 bits per heavy atom. The van der Waals surface area contributed by atoms with Crippen molar-refractivity contribution in [1.82, 2.24) is 9.88 Å². The van der Waals surface area contributed by atoms with Crippen LogP contribution in [0.15, 0.2) is 10.9 Å². The van der Waals surface area contributed by atoms with Crippen LogP contribution in [0.2, 0.25) is 0 Å². The number of aromatic nitrogens is 1. The first-order valence-corrected chi connectivity index (χ1v) is 6.70. The van der Waals surface area contributed by atoms with Gasteiger partial charge in [0.1, 0.15) is 6.29 Å². The third-order valence-corrected chi connectivity index (χ3v) is 3.98. The molecule has 88 valence electrons. The van der Waals surface area contributed by atoms with E-state index in [1.165, 1.54) is 19.1 Å². The Hall–Kier alpha value is -0.740. The van der Waals surface area contributed by atoms with Crippen molar-refractivity contribution < 1.29 is 4.79 Å². The van der Waals surface area contributed by atoms with Gasteiger partial charge in [-0.15, -0.1) is 11.3 Å². The molecule has 0 N–H and O–H groups in total. The summed E-state index contributed by atoms with van der Waals surface area (Å²) in [4.78, 5) is 17.7. The maximum Gasteiger partial charge on any atom is 0.127 e. The topological polar surface area (TPSA) is 33.2 Å². The molecule has 1 aromatic heterocycles. The van der Waals surface area contributed by atoms with Gasteiger partial charge in [0.25, 0.3) is 0 Å². The monoisotopic (exact) mass is 238 g/mol. The van der Waals surface area contributed by atoms with Crippen LogP contribution in [0.1, 0.15) is 31.4 Å². The van der Waals surface area contributed by atoms with Gasteiger partial charge < -0.3 is 4.79 Å². The van der Waals surface area contributed by atoms with Gasteiger partial charge in [-0.2, -0.15) is 0 Å². The molecule has 0 saturated heterocycles. The second kappa shape index (κ2) is 5.06. The van der Waals surface area contributed by atoms with Crippen LogP contribution in [0.3, 0.4) is 0 Å². The second-order valence-corrected chi connectivity index (χ2v) is 5.56. The number of aldehydes is 1. The lowest BCUT2D eigenvalue weighted by Gasteiger charge is -2.27. The van der Waals surface area contributed by atoms with E-state index in [1.54, 1.807) is 11.3 Å². The smallest absolute Gasteiger partial charge is 0.127 e. The molecule has 1 fully saturated rings. The van der Waals surface area contributed by atoms with E-state index >= 15 is 0 Å². The Morgan fingerprint density at radius 3 is 2.88 bits per heavy atom. The molecule has 0 bridgehead atoms. The van der Waals surface area contributed by atoms with Gasteiger partial charge in [0.05, 0.1) is 11.2 Å². The van der Waals surface area contributed by atoms with E-state index in [4.69, 9.17) is 0 Å². The van der Waals surface area contributed by atoms with Crippen LogP contribution in [0.5, 0.6) is 0 Å². The van der Waals surface area contributed by atoms with Crippen LogP contribution in [0.4, 0.5) is 0 Å². The number of carbonyl (C=O) groups excluding carboxylic acids is 1. The van der Waals surface area contributed by atoms with E-state index in [9.17, 15) is 4.79 Å². The van der Waals surface area contributed by atoms with Crippen molar-refractivity contribution in [3.8, 4) is 0 Å². The first-order chi connectivity index (χ1) is 7.74. The minimum absolute atomic E-state index is 0.0786. The molecule has 1 aliphatic carbocycles. The van der Waals surface area contributed by atoms with Gasteiger partial charge in [-0.3, -0.25) is 4.90 Å². The maximum absolute atomic E-state index is 11.2. The van der Waals surface area contributed by atoms with E-state index in [0.717, 1.165) is 31.6 Å². The zero-order valence-corrected chi connectivity index (χ0v) is 10.5. The molecule has 1 aliphatic rings. The molecular formula is C12H18N2OS. The van der Waals surface area contributed by atoms with Crippen LogP contribution in [-0.4, -0.2) is 29.8 Å². The van der Waals surface area contributed by atoms with Gasteiger partial charge in [0.15, 0.2) is 0 Å². The molecular weight excluding hydrogens is 220 g/mol. The lowest BCUT2D eigenvalue weighted by molar-refractivity contribution is -0.116. The zero-order valence-electron chi connectivity index (χ0n) is 9.69. The molecule has 0 radical (unpaired) electrons. The fourth-order valence-electron chi connectivity index (χ4n) is 2.58. The zero-order chi connectivity index (χ0) is 11.4. The number of nitrogens with zero attached hydrogens (tertiary/aromatic N) is 2. The molecule has 3 nitrogen and oxygen atoms in total. The van der Waals surface area contributed by atoms with Gasteiger partial charge >= 0.3 is 0 Å². The van der Waals surface area contributed by atoms with Crippen molar-refractivity contribution in [3.05, 3.63) is 16.6 Å². The number of hydrogen-bond donors (Lipinski definition) is 0. The average Bonchev–Trinajstić information content (AvgIpc) is 2.90. The van der Waals surface area contributed by atoms with E-state index in [0.29, 0.717) is 0 Å². The first kappa shape index (κ1) is 11.7. The predicted molar refractivity (Wildman–Crippen MR) is 65.4 cm³/mol. The van der Waals surface area contributed by atoms with Crippen LogP contribution in [-0.2, 0) is 11.3 Å². The Morgan fingerprint density at radius 2 is 2.31 bits per heavy atom. The fourth-order valence-corrected chi connectivity index (χ4v) is 3.13. The lowest BCUT2D eigenvalue weighted by atomic mass is 9.87. The molecule has 0 atom stereocenters. The lowest BCUT2D eigenvalue weighted by Crippen LogP contribution is -2.34.